The van der Waals surface area contributed by atoms with Crippen molar-refractivity contribution in [2.75, 3.05) is 4.90 Å². The first-order valence-corrected chi connectivity index (χ1v) is 7.25. The Morgan fingerprint density at radius 3 is 2.70 bits per heavy atom. The number of carbonyl (C=O) groups excluding carboxylic acids is 2. The molecule has 1 aliphatic rings. The lowest BCUT2D eigenvalue weighted by Crippen LogP contribution is -2.22. The van der Waals surface area contributed by atoms with Crippen LogP contribution in [-0.2, 0) is 11.2 Å². The fourth-order valence-electron chi connectivity index (χ4n) is 2.99. The predicted octanol–water partition coefficient (Wildman–Crippen LogP) is 2.55. The van der Waals surface area contributed by atoms with Crippen LogP contribution < -0.4 is 10.6 Å². The zero-order valence-electron chi connectivity index (χ0n) is 12.2. The molecule has 0 aliphatic carbocycles. The van der Waals surface area contributed by atoms with Crippen LogP contribution in [0.1, 0.15) is 15.9 Å². The Labute approximate surface area is 132 Å². The molecule has 0 spiro atoms. The number of benzene rings is 2. The molecule has 2 N–H and O–H groups in total. The molecule has 1 aromatic heterocycles. The fourth-order valence-corrected chi connectivity index (χ4v) is 2.99. The first-order chi connectivity index (χ1) is 11.1. The number of amides is 2. The monoisotopic (exact) mass is 303 g/mol. The van der Waals surface area contributed by atoms with Gasteiger partial charge in [-0.15, -0.1) is 0 Å². The Kier molecular flexibility index (Phi) is 2.87. The number of nitrogens with zero attached hydrogens (tertiary/aromatic N) is 2. The molecule has 5 heteroatoms. The van der Waals surface area contributed by atoms with Crippen LogP contribution in [0.5, 0.6) is 0 Å². The molecule has 2 heterocycles. The van der Waals surface area contributed by atoms with Crippen molar-refractivity contribution in [3.05, 3.63) is 65.7 Å². The summed E-state index contributed by atoms with van der Waals surface area (Å²) >= 11 is 0. The van der Waals surface area contributed by atoms with Gasteiger partial charge in [0, 0.05) is 10.9 Å². The number of carbonyl (C=O) groups is 2. The molecule has 0 saturated carbocycles. The van der Waals surface area contributed by atoms with Crippen LogP contribution in [0, 0.1) is 0 Å². The highest BCUT2D eigenvalue weighted by Gasteiger charge is 2.29. The van der Waals surface area contributed by atoms with E-state index in [1.165, 1.54) is 0 Å². The number of para-hydroxylation sites is 1. The van der Waals surface area contributed by atoms with Gasteiger partial charge in [-0.1, -0.05) is 24.3 Å². The molecule has 0 unspecified atom stereocenters. The quantitative estimate of drug-likeness (QED) is 0.790. The maximum absolute atomic E-state index is 12.4. The number of nitrogens with two attached hydrogens (primary N) is 1. The summed E-state index contributed by atoms with van der Waals surface area (Å²) in [7, 11) is 0. The van der Waals surface area contributed by atoms with Crippen molar-refractivity contribution >= 4 is 34.2 Å². The molecule has 4 rings (SSSR count). The van der Waals surface area contributed by atoms with Crippen molar-refractivity contribution in [3.8, 4) is 0 Å². The van der Waals surface area contributed by atoms with Gasteiger partial charge < -0.3 is 5.73 Å². The fraction of sp³-hybridized carbons (Fsp3) is 0.0556. The zero-order chi connectivity index (χ0) is 16.0. The second-order valence-corrected chi connectivity index (χ2v) is 5.44. The van der Waals surface area contributed by atoms with Gasteiger partial charge in [0.2, 0.25) is 11.8 Å². The second kappa shape index (κ2) is 4.91. The minimum atomic E-state index is -0.493. The van der Waals surface area contributed by atoms with E-state index < -0.39 is 5.91 Å². The molecule has 3 aromatic rings. The van der Waals surface area contributed by atoms with Crippen LogP contribution in [0.15, 0.2) is 54.6 Å². The van der Waals surface area contributed by atoms with Gasteiger partial charge in [-0.25, -0.2) is 4.98 Å². The molecule has 0 fully saturated rings. The van der Waals surface area contributed by atoms with Gasteiger partial charge in [0.1, 0.15) is 5.82 Å². The SMILES string of the molecule is NC(=O)c1cccc2nc(N3C(=O)Cc4ccccc43)ccc12. The number of primary amides is 1. The molecular weight excluding hydrogens is 290 g/mol. The largest absolute Gasteiger partial charge is 0.366 e. The lowest BCUT2D eigenvalue weighted by Gasteiger charge is -2.17. The highest BCUT2D eigenvalue weighted by atomic mass is 16.2. The summed E-state index contributed by atoms with van der Waals surface area (Å²) in [4.78, 5) is 30.0. The van der Waals surface area contributed by atoms with Crippen molar-refractivity contribution in [1.29, 1.82) is 0 Å². The van der Waals surface area contributed by atoms with Gasteiger partial charge in [0.25, 0.3) is 0 Å². The van der Waals surface area contributed by atoms with Crippen molar-refractivity contribution < 1.29 is 9.59 Å². The summed E-state index contributed by atoms with van der Waals surface area (Å²) in [6, 6.07) is 16.4. The number of hydrogen-bond acceptors (Lipinski definition) is 3. The third-order valence-electron chi connectivity index (χ3n) is 4.04. The maximum Gasteiger partial charge on any atom is 0.249 e. The number of hydrogen-bond donors (Lipinski definition) is 1. The molecule has 0 saturated heterocycles. The summed E-state index contributed by atoms with van der Waals surface area (Å²) in [6.07, 6.45) is 0.372. The Bertz CT molecular complexity index is 965. The van der Waals surface area contributed by atoms with Crippen LogP contribution in [-0.4, -0.2) is 16.8 Å². The summed E-state index contributed by atoms with van der Waals surface area (Å²) < 4.78 is 0. The summed E-state index contributed by atoms with van der Waals surface area (Å²) in [6.45, 7) is 0. The Morgan fingerprint density at radius 2 is 1.87 bits per heavy atom. The Morgan fingerprint density at radius 1 is 1.04 bits per heavy atom. The number of fused-ring (bicyclic) bond motifs is 2. The van der Waals surface area contributed by atoms with E-state index in [0.717, 1.165) is 11.3 Å². The van der Waals surface area contributed by atoms with Crippen LogP contribution in [0.4, 0.5) is 11.5 Å². The molecule has 2 amide bonds. The summed E-state index contributed by atoms with van der Waals surface area (Å²) in [5, 5.41) is 0.684. The second-order valence-electron chi connectivity index (χ2n) is 5.44. The van der Waals surface area contributed by atoms with E-state index >= 15 is 0 Å². The normalized spacial score (nSPS) is 13.4. The van der Waals surface area contributed by atoms with Crippen LogP contribution in [0.2, 0.25) is 0 Å². The van der Waals surface area contributed by atoms with Gasteiger partial charge in [0.15, 0.2) is 0 Å². The van der Waals surface area contributed by atoms with Gasteiger partial charge in [0.05, 0.1) is 17.6 Å². The molecule has 5 nitrogen and oxygen atoms in total. The number of pyridine rings is 1. The van der Waals surface area contributed by atoms with E-state index in [-0.39, 0.29) is 5.91 Å². The average molecular weight is 303 g/mol. The van der Waals surface area contributed by atoms with Crippen molar-refractivity contribution in [1.82, 2.24) is 4.98 Å². The lowest BCUT2D eigenvalue weighted by molar-refractivity contribution is -0.116. The molecule has 2 aromatic carbocycles. The standard InChI is InChI=1S/C18H13N3O2/c19-18(23)13-5-3-6-14-12(13)8-9-16(20-14)21-15-7-2-1-4-11(15)10-17(21)22/h1-9H,10H2,(H2,19,23). The van der Waals surface area contributed by atoms with Crippen molar-refractivity contribution in [2.24, 2.45) is 5.73 Å². The van der Waals surface area contributed by atoms with Gasteiger partial charge >= 0.3 is 0 Å². The third kappa shape index (κ3) is 2.05. The summed E-state index contributed by atoms with van der Waals surface area (Å²) in [5.41, 5.74) is 8.30. The van der Waals surface area contributed by atoms with E-state index in [2.05, 4.69) is 4.98 Å². The van der Waals surface area contributed by atoms with Gasteiger partial charge in [-0.3, -0.25) is 14.5 Å². The first-order valence-electron chi connectivity index (χ1n) is 7.25. The summed E-state index contributed by atoms with van der Waals surface area (Å²) in [5.74, 6) is 0.0471. The van der Waals surface area contributed by atoms with E-state index in [0.29, 0.717) is 28.7 Å². The molecule has 112 valence electrons. The van der Waals surface area contributed by atoms with E-state index in [1.54, 1.807) is 35.2 Å². The van der Waals surface area contributed by atoms with Gasteiger partial charge in [-0.2, -0.15) is 0 Å². The predicted molar refractivity (Wildman–Crippen MR) is 87.6 cm³/mol. The van der Waals surface area contributed by atoms with Gasteiger partial charge in [-0.05, 0) is 35.9 Å². The Hall–Kier alpha value is -3.21. The topological polar surface area (TPSA) is 76.3 Å². The smallest absolute Gasteiger partial charge is 0.249 e. The molecular formula is C18H13N3O2. The van der Waals surface area contributed by atoms with E-state index in [1.807, 2.05) is 24.3 Å². The molecule has 0 radical (unpaired) electrons. The first kappa shape index (κ1) is 13.5. The third-order valence-corrected chi connectivity index (χ3v) is 4.04. The van der Waals surface area contributed by atoms with E-state index in [9.17, 15) is 9.59 Å². The van der Waals surface area contributed by atoms with Crippen molar-refractivity contribution in [3.63, 3.8) is 0 Å². The number of aromatic nitrogens is 1. The van der Waals surface area contributed by atoms with Crippen LogP contribution >= 0.6 is 0 Å². The molecule has 23 heavy (non-hydrogen) atoms. The molecule has 1 aliphatic heterocycles. The van der Waals surface area contributed by atoms with Crippen LogP contribution in [0.25, 0.3) is 10.9 Å². The van der Waals surface area contributed by atoms with E-state index in [4.69, 9.17) is 5.73 Å². The lowest BCUT2D eigenvalue weighted by atomic mass is 10.1. The highest BCUT2D eigenvalue weighted by molar-refractivity contribution is 6.09. The van der Waals surface area contributed by atoms with Crippen molar-refractivity contribution in [2.45, 2.75) is 6.42 Å². The minimum Gasteiger partial charge on any atom is -0.366 e. The maximum atomic E-state index is 12.4. The van der Waals surface area contributed by atoms with Crippen LogP contribution in [0.3, 0.4) is 0 Å². The highest BCUT2D eigenvalue weighted by Crippen LogP contribution is 2.35. The average Bonchev–Trinajstić information content (AvgIpc) is 2.89. The number of anilines is 2. The zero-order valence-corrected chi connectivity index (χ0v) is 12.2. The number of rotatable bonds is 2. The molecule has 0 bridgehead atoms. The Balaban J connectivity index is 1.88. The minimum absolute atomic E-state index is 0.0101. The molecule has 0 atom stereocenters.